The van der Waals surface area contributed by atoms with Gasteiger partial charge in [-0.25, -0.2) is 18.1 Å². The zero-order valence-corrected chi connectivity index (χ0v) is 9.37. The SMILES string of the molecule is CCn1ccnc1[C@H](C)S(=O)(=O)NC. The Kier molecular flexibility index (Phi) is 3.28. The maximum Gasteiger partial charge on any atom is 0.221 e. The summed E-state index contributed by atoms with van der Waals surface area (Å²) in [6.45, 7) is 4.29. The second-order valence-corrected chi connectivity index (χ2v) is 5.17. The van der Waals surface area contributed by atoms with Gasteiger partial charge in [0.05, 0.1) is 0 Å². The number of aromatic nitrogens is 2. The van der Waals surface area contributed by atoms with Crippen LogP contribution in [0.25, 0.3) is 0 Å². The molecule has 5 nitrogen and oxygen atoms in total. The fraction of sp³-hybridized carbons (Fsp3) is 0.625. The van der Waals surface area contributed by atoms with Gasteiger partial charge in [-0.2, -0.15) is 0 Å². The molecule has 0 aliphatic heterocycles. The summed E-state index contributed by atoms with van der Waals surface area (Å²) >= 11 is 0. The summed E-state index contributed by atoms with van der Waals surface area (Å²) in [5.74, 6) is 0.571. The predicted octanol–water partition coefficient (Wildman–Crippen LogP) is 0.513. The number of imidazole rings is 1. The van der Waals surface area contributed by atoms with E-state index >= 15 is 0 Å². The minimum Gasteiger partial charge on any atom is -0.334 e. The number of nitrogens with one attached hydrogen (secondary N) is 1. The van der Waals surface area contributed by atoms with Gasteiger partial charge >= 0.3 is 0 Å². The molecule has 1 rings (SSSR count). The minimum absolute atomic E-state index is 0.571. The van der Waals surface area contributed by atoms with Gasteiger partial charge in [0.1, 0.15) is 11.1 Å². The molecule has 1 aromatic rings. The van der Waals surface area contributed by atoms with Crippen LogP contribution < -0.4 is 4.72 Å². The lowest BCUT2D eigenvalue weighted by Crippen LogP contribution is -2.26. The van der Waals surface area contributed by atoms with Gasteiger partial charge in [0.15, 0.2) is 0 Å². The van der Waals surface area contributed by atoms with Crippen molar-refractivity contribution >= 4 is 10.0 Å². The van der Waals surface area contributed by atoms with E-state index in [1.54, 1.807) is 19.3 Å². The second kappa shape index (κ2) is 4.10. The maximum atomic E-state index is 11.5. The average molecular weight is 217 g/mol. The van der Waals surface area contributed by atoms with Crippen LogP contribution >= 0.6 is 0 Å². The second-order valence-electron chi connectivity index (χ2n) is 2.96. The van der Waals surface area contributed by atoms with Gasteiger partial charge < -0.3 is 4.57 Å². The quantitative estimate of drug-likeness (QED) is 0.799. The molecule has 0 unspecified atom stereocenters. The third-order valence-electron chi connectivity index (χ3n) is 2.20. The summed E-state index contributed by atoms with van der Waals surface area (Å²) < 4.78 is 27.1. The summed E-state index contributed by atoms with van der Waals surface area (Å²) in [4.78, 5) is 4.04. The molecule has 0 radical (unpaired) electrons. The Hall–Kier alpha value is -0.880. The first-order valence-electron chi connectivity index (χ1n) is 4.46. The van der Waals surface area contributed by atoms with Crippen LogP contribution in [-0.4, -0.2) is 25.0 Å². The summed E-state index contributed by atoms with van der Waals surface area (Å²) in [7, 11) is -1.88. The molecule has 1 heterocycles. The monoisotopic (exact) mass is 217 g/mol. The Morgan fingerprint density at radius 2 is 2.29 bits per heavy atom. The van der Waals surface area contributed by atoms with E-state index in [4.69, 9.17) is 0 Å². The van der Waals surface area contributed by atoms with Gasteiger partial charge in [-0.1, -0.05) is 0 Å². The van der Waals surface area contributed by atoms with Crippen LogP contribution in [0.3, 0.4) is 0 Å². The van der Waals surface area contributed by atoms with Crippen molar-refractivity contribution in [2.24, 2.45) is 0 Å². The fourth-order valence-corrected chi connectivity index (χ4v) is 2.09. The lowest BCUT2D eigenvalue weighted by atomic mass is 10.4. The summed E-state index contributed by atoms with van der Waals surface area (Å²) in [5.41, 5.74) is 0. The zero-order valence-electron chi connectivity index (χ0n) is 8.56. The molecule has 0 aromatic carbocycles. The molecule has 6 heteroatoms. The highest BCUT2D eigenvalue weighted by molar-refractivity contribution is 7.89. The number of rotatable bonds is 4. The lowest BCUT2D eigenvalue weighted by molar-refractivity contribution is 0.569. The average Bonchev–Trinajstić information content (AvgIpc) is 2.64. The Balaban J connectivity index is 3.06. The fourth-order valence-electron chi connectivity index (χ4n) is 1.26. The smallest absolute Gasteiger partial charge is 0.221 e. The maximum absolute atomic E-state index is 11.5. The van der Waals surface area contributed by atoms with Crippen molar-refractivity contribution in [2.75, 3.05) is 7.05 Å². The Labute approximate surface area is 84.2 Å². The van der Waals surface area contributed by atoms with Crippen molar-refractivity contribution in [3.63, 3.8) is 0 Å². The number of aryl methyl sites for hydroxylation is 1. The van der Waals surface area contributed by atoms with Crippen LogP contribution in [0.2, 0.25) is 0 Å². The molecule has 0 bridgehead atoms. The molecule has 80 valence electrons. The Morgan fingerprint density at radius 1 is 1.64 bits per heavy atom. The number of hydrogen-bond acceptors (Lipinski definition) is 3. The zero-order chi connectivity index (χ0) is 10.8. The molecule has 0 aliphatic carbocycles. The molecule has 0 spiro atoms. The van der Waals surface area contributed by atoms with Crippen molar-refractivity contribution in [1.29, 1.82) is 0 Å². The largest absolute Gasteiger partial charge is 0.334 e. The van der Waals surface area contributed by atoms with Gasteiger partial charge in [0.25, 0.3) is 0 Å². The van der Waals surface area contributed by atoms with E-state index in [2.05, 4.69) is 9.71 Å². The molecule has 1 atom stereocenters. The predicted molar refractivity (Wildman–Crippen MR) is 54.3 cm³/mol. The van der Waals surface area contributed by atoms with Crippen molar-refractivity contribution < 1.29 is 8.42 Å². The lowest BCUT2D eigenvalue weighted by Gasteiger charge is -2.12. The number of nitrogens with zero attached hydrogens (tertiary/aromatic N) is 2. The van der Waals surface area contributed by atoms with Crippen molar-refractivity contribution in [3.8, 4) is 0 Å². The van der Waals surface area contributed by atoms with Gasteiger partial charge in [-0.05, 0) is 20.9 Å². The molecule has 0 fully saturated rings. The van der Waals surface area contributed by atoms with Crippen molar-refractivity contribution in [1.82, 2.24) is 14.3 Å². The molecule has 0 amide bonds. The third kappa shape index (κ3) is 1.96. The first kappa shape index (κ1) is 11.2. The minimum atomic E-state index is -3.29. The van der Waals surface area contributed by atoms with Gasteiger partial charge in [0.2, 0.25) is 10.0 Å². The van der Waals surface area contributed by atoms with Gasteiger partial charge in [-0.3, -0.25) is 0 Å². The van der Waals surface area contributed by atoms with E-state index in [1.165, 1.54) is 7.05 Å². The van der Waals surface area contributed by atoms with E-state index < -0.39 is 15.3 Å². The van der Waals surface area contributed by atoms with Crippen molar-refractivity contribution in [2.45, 2.75) is 25.6 Å². The number of sulfonamides is 1. The van der Waals surface area contributed by atoms with Crippen LogP contribution in [0.4, 0.5) is 0 Å². The van der Waals surface area contributed by atoms with Gasteiger partial charge in [0, 0.05) is 18.9 Å². The van der Waals surface area contributed by atoms with E-state index in [0.717, 1.165) is 6.54 Å². The topological polar surface area (TPSA) is 64.0 Å². The molecular formula is C8H15N3O2S. The normalized spacial score (nSPS) is 14.2. The van der Waals surface area contributed by atoms with E-state index in [-0.39, 0.29) is 0 Å². The molecular weight excluding hydrogens is 202 g/mol. The van der Waals surface area contributed by atoms with E-state index in [9.17, 15) is 8.42 Å². The Bertz CT molecular complexity index is 396. The third-order valence-corrected chi connectivity index (χ3v) is 3.91. The molecule has 0 saturated carbocycles. The standard InChI is InChI=1S/C8H15N3O2S/c1-4-11-6-5-10-8(11)7(2)14(12,13)9-3/h5-7,9H,4H2,1-3H3/t7-/m0/s1. The molecule has 1 N–H and O–H groups in total. The first-order chi connectivity index (χ1) is 6.53. The van der Waals surface area contributed by atoms with Crippen molar-refractivity contribution in [3.05, 3.63) is 18.2 Å². The van der Waals surface area contributed by atoms with E-state index in [1.807, 2.05) is 11.5 Å². The molecule has 14 heavy (non-hydrogen) atoms. The van der Waals surface area contributed by atoms with Crippen LogP contribution in [0.5, 0.6) is 0 Å². The summed E-state index contributed by atoms with van der Waals surface area (Å²) in [6.07, 6.45) is 3.39. The number of hydrogen-bond donors (Lipinski definition) is 1. The van der Waals surface area contributed by atoms with Crippen LogP contribution in [0.1, 0.15) is 24.9 Å². The van der Waals surface area contributed by atoms with Crippen LogP contribution in [-0.2, 0) is 16.6 Å². The summed E-state index contributed by atoms with van der Waals surface area (Å²) in [5, 5.41) is -0.623. The van der Waals surface area contributed by atoms with E-state index in [0.29, 0.717) is 5.82 Å². The van der Waals surface area contributed by atoms with Crippen LogP contribution in [0, 0.1) is 0 Å². The summed E-state index contributed by atoms with van der Waals surface area (Å²) in [6, 6.07) is 0. The highest BCUT2D eigenvalue weighted by atomic mass is 32.2. The van der Waals surface area contributed by atoms with Gasteiger partial charge in [-0.15, -0.1) is 0 Å². The molecule has 0 aliphatic rings. The first-order valence-corrected chi connectivity index (χ1v) is 6.01. The highest BCUT2D eigenvalue weighted by Gasteiger charge is 2.24. The molecule has 0 saturated heterocycles. The van der Waals surface area contributed by atoms with Crippen LogP contribution in [0.15, 0.2) is 12.4 Å². The Morgan fingerprint density at radius 3 is 2.79 bits per heavy atom. The highest BCUT2D eigenvalue weighted by Crippen LogP contribution is 2.18. The molecule has 1 aromatic heterocycles.